The third kappa shape index (κ3) is 2.61. The number of aryl methyl sites for hydroxylation is 1. The molecule has 2 rings (SSSR count). The first-order chi connectivity index (χ1) is 8.84. The summed E-state index contributed by atoms with van der Waals surface area (Å²) < 4.78 is 40.6. The standard InChI is InChI=1S/C14H17F3N2/c1-9(18-2)7-10-8-19(3)13-11(10)5-4-6-12(13)14(15,16)17/h4-6,8-9,18H,7H2,1-3H3. The van der Waals surface area contributed by atoms with E-state index in [1.807, 2.05) is 14.0 Å². The third-order valence-corrected chi connectivity index (χ3v) is 3.41. The van der Waals surface area contributed by atoms with Gasteiger partial charge in [-0.05, 0) is 32.0 Å². The minimum absolute atomic E-state index is 0.222. The second-order valence-electron chi connectivity index (χ2n) is 4.86. The largest absolute Gasteiger partial charge is 0.418 e. The number of para-hydroxylation sites is 1. The molecule has 19 heavy (non-hydrogen) atoms. The van der Waals surface area contributed by atoms with E-state index in [0.29, 0.717) is 11.8 Å². The van der Waals surface area contributed by atoms with Crippen LogP contribution >= 0.6 is 0 Å². The van der Waals surface area contributed by atoms with Gasteiger partial charge in [0.2, 0.25) is 0 Å². The van der Waals surface area contributed by atoms with E-state index in [-0.39, 0.29) is 11.6 Å². The van der Waals surface area contributed by atoms with Crippen molar-refractivity contribution in [1.82, 2.24) is 9.88 Å². The molecule has 2 aromatic rings. The molecule has 0 spiro atoms. The average molecular weight is 270 g/mol. The van der Waals surface area contributed by atoms with Crippen LogP contribution in [0.25, 0.3) is 10.9 Å². The molecule has 0 aliphatic rings. The van der Waals surface area contributed by atoms with Crippen LogP contribution in [0.5, 0.6) is 0 Å². The van der Waals surface area contributed by atoms with Crippen LogP contribution in [-0.2, 0) is 19.6 Å². The number of nitrogens with one attached hydrogen (secondary N) is 1. The highest BCUT2D eigenvalue weighted by atomic mass is 19.4. The van der Waals surface area contributed by atoms with Crippen molar-refractivity contribution < 1.29 is 13.2 Å². The Hall–Kier alpha value is -1.49. The van der Waals surface area contributed by atoms with Crippen molar-refractivity contribution in [2.24, 2.45) is 7.05 Å². The van der Waals surface area contributed by atoms with Crippen molar-refractivity contribution in [1.29, 1.82) is 0 Å². The summed E-state index contributed by atoms with van der Waals surface area (Å²) in [4.78, 5) is 0. The first-order valence-corrected chi connectivity index (χ1v) is 6.16. The Morgan fingerprint density at radius 2 is 2.00 bits per heavy atom. The van der Waals surface area contributed by atoms with Crippen molar-refractivity contribution in [3.05, 3.63) is 35.5 Å². The predicted molar refractivity (Wildman–Crippen MR) is 70.1 cm³/mol. The monoisotopic (exact) mass is 270 g/mol. The molecule has 0 amide bonds. The molecule has 104 valence electrons. The lowest BCUT2D eigenvalue weighted by Crippen LogP contribution is -2.23. The Morgan fingerprint density at radius 1 is 1.32 bits per heavy atom. The SMILES string of the molecule is CNC(C)Cc1cn(C)c2c(C(F)(F)F)cccc12. The molecular weight excluding hydrogens is 253 g/mol. The molecule has 2 nitrogen and oxygen atoms in total. The molecule has 1 unspecified atom stereocenters. The van der Waals surface area contributed by atoms with Gasteiger partial charge in [0.1, 0.15) is 0 Å². The molecule has 1 N–H and O–H groups in total. The minimum atomic E-state index is -4.32. The number of hydrogen-bond acceptors (Lipinski definition) is 1. The van der Waals surface area contributed by atoms with E-state index in [1.165, 1.54) is 6.07 Å². The maximum Gasteiger partial charge on any atom is 0.418 e. The Balaban J connectivity index is 2.60. The molecule has 1 aromatic heterocycles. The van der Waals surface area contributed by atoms with Crippen molar-refractivity contribution in [3.63, 3.8) is 0 Å². The van der Waals surface area contributed by atoms with Crippen LogP contribution in [0.2, 0.25) is 0 Å². The molecule has 0 aliphatic heterocycles. The van der Waals surface area contributed by atoms with Crippen LogP contribution in [0.3, 0.4) is 0 Å². The molecular formula is C14H17F3N2. The normalized spacial score (nSPS) is 14.0. The highest BCUT2D eigenvalue weighted by Crippen LogP contribution is 2.36. The fraction of sp³-hybridized carbons (Fsp3) is 0.429. The van der Waals surface area contributed by atoms with Crippen LogP contribution in [0, 0.1) is 0 Å². The number of halogens is 3. The van der Waals surface area contributed by atoms with E-state index in [4.69, 9.17) is 0 Å². The first kappa shape index (κ1) is 13.9. The summed E-state index contributed by atoms with van der Waals surface area (Å²) in [5.74, 6) is 0. The number of benzene rings is 1. The lowest BCUT2D eigenvalue weighted by Gasteiger charge is -2.10. The summed E-state index contributed by atoms with van der Waals surface area (Å²) in [6, 6.07) is 4.58. The lowest BCUT2D eigenvalue weighted by atomic mass is 10.0. The fourth-order valence-corrected chi connectivity index (χ4v) is 2.37. The summed E-state index contributed by atoms with van der Waals surface area (Å²) in [7, 11) is 3.50. The van der Waals surface area contributed by atoms with Gasteiger partial charge in [0.15, 0.2) is 0 Å². The van der Waals surface area contributed by atoms with Crippen molar-refractivity contribution >= 4 is 10.9 Å². The van der Waals surface area contributed by atoms with Crippen LogP contribution < -0.4 is 5.32 Å². The number of hydrogen-bond donors (Lipinski definition) is 1. The summed E-state index contributed by atoms with van der Waals surface area (Å²) in [6.45, 7) is 2.01. The summed E-state index contributed by atoms with van der Waals surface area (Å²) in [5, 5.41) is 3.78. The van der Waals surface area contributed by atoms with Gasteiger partial charge in [-0.25, -0.2) is 0 Å². The molecule has 1 heterocycles. The Bertz CT molecular complexity index is 584. The summed E-state index contributed by atoms with van der Waals surface area (Å²) >= 11 is 0. The average Bonchev–Trinajstić information content (AvgIpc) is 2.65. The fourth-order valence-electron chi connectivity index (χ4n) is 2.37. The van der Waals surface area contributed by atoms with Crippen molar-refractivity contribution in [2.45, 2.75) is 25.6 Å². The maximum atomic E-state index is 13.0. The number of alkyl halides is 3. The zero-order valence-corrected chi connectivity index (χ0v) is 11.2. The summed E-state index contributed by atoms with van der Waals surface area (Å²) in [6.07, 6.45) is -1.83. The number of likely N-dealkylation sites (N-methyl/N-ethyl adjacent to an activating group) is 1. The highest BCUT2D eigenvalue weighted by molar-refractivity contribution is 5.87. The Labute approximate surface area is 110 Å². The third-order valence-electron chi connectivity index (χ3n) is 3.41. The van der Waals surface area contributed by atoms with Crippen molar-refractivity contribution in [3.8, 4) is 0 Å². The molecule has 0 bridgehead atoms. The molecule has 1 aromatic carbocycles. The highest BCUT2D eigenvalue weighted by Gasteiger charge is 2.33. The number of rotatable bonds is 3. The van der Waals surface area contributed by atoms with E-state index in [2.05, 4.69) is 5.32 Å². The van der Waals surface area contributed by atoms with Crippen LogP contribution in [0.4, 0.5) is 13.2 Å². The van der Waals surface area contributed by atoms with Gasteiger partial charge >= 0.3 is 6.18 Å². The molecule has 1 atom stereocenters. The van der Waals surface area contributed by atoms with Gasteiger partial charge in [0, 0.05) is 24.7 Å². The van der Waals surface area contributed by atoms with Gasteiger partial charge in [-0.1, -0.05) is 12.1 Å². The Morgan fingerprint density at radius 3 is 2.58 bits per heavy atom. The van der Waals surface area contributed by atoms with Crippen molar-refractivity contribution in [2.75, 3.05) is 7.05 Å². The second-order valence-corrected chi connectivity index (χ2v) is 4.86. The van der Waals surface area contributed by atoms with Gasteiger partial charge in [0.25, 0.3) is 0 Å². The quantitative estimate of drug-likeness (QED) is 0.905. The number of fused-ring (bicyclic) bond motifs is 1. The zero-order chi connectivity index (χ0) is 14.2. The van der Waals surface area contributed by atoms with Gasteiger partial charge in [-0.3, -0.25) is 0 Å². The van der Waals surface area contributed by atoms with E-state index in [9.17, 15) is 13.2 Å². The second kappa shape index (κ2) is 4.89. The van der Waals surface area contributed by atoms with Gasteiger partial charge < -0.3 is 9.88 Å². The molecule has 0 saturated carbocycles. The summed E-state index contributed by atoms with van der Waals surface area (Å²) in [5.41, 5.74) is 0.620. The zero-order valence-electron chi connectivity index (χ0n) is 11.2. The molecule has 0 radical (unpaired) electrons. The van der Waals surface area contributed by atoms with E-state index >= 15 is 0 Å². The van der Waals surface area contributed by atoms with Crippen LogP contribution in [-0.4, -0.2) is 17.7 Å². The van der Waals surface area contributed by atoms with Crippen LogP contribution in [0.15, 0.2) is 24.4 Å². The van der Waals surface area contributed by atoms with Gasteiger partial charge in [-0.15, -0.1) is 0 Å². The molecule has 0 aliphatic carbocycles. The number of aromatic nitrogens is 1. The predicted octanol–water partition coefficient (Wildman–Crippen LogP) is 3.35. The van der Waals surface area contributed by atoms with E-state index in [1.54, 1.807) is 23.9 Å². The van der Waals surface area contributed by atoms with E-state index < -0.39 is 11.7 Å². The lowest BCUT2D eigenvalue weighted by molar-refractivity contribution is -0.136. The van der Waals surface area contributed by atoms with E-state index in [0.717, 1.165) is 11.6 Å². The molecule has 0 saturated heterocycles. The molecule has 5 heteroatoms. The molecule has 0 fully saturated rings. The van der Waals surface area contributed by atoms with Gasteiger partial charge in [-0.2, -0.15) is 13.2 Å². The Kier molecular flexibility index (Phi) is 3.58. The minimum Gasteiger partial charge on any atom is -0.350 e. The number of nitrogens with zero attached hydrogens (tertiary/aromatic N) is 1. The van der Waals surface area contributed by atoms with Crippen LogP contribution in [0.1, 0.15) is 18.1 Å². The smallest absolute Gasteiger partial charge is 0.350 e. The topological polar surface area (TPSA) is 17.0 Å². The maximum absolute atomic E-state index is 13.0. The first-order valence-electron chi connectivity index (χ1n) is 6.16. The van der Waals surface area contributed by atoms with Gasteiger partial charge in [0.05, 0.1) is 11.1 Å².